The second kappa shape index (κ2) is 6.05. The van der Waals surface area contributed by atoms with E-state index in [4.69, 9.17) is 4.84 Å². The molecule has 1 fully saturated rings. The number of carbonyl (C=O) groups is 2. The highest BCUT2D eigenvalue weighted by Gasteiger charge is 2.51. The Morgan fingerprint density at radius 3 is 2.68 bits per heavy atom. The van der Waals surface area contributed by atoms with E-state index < -0.39 is 34.2 Å². The van der Waals surface area contributed by atoms with Crippen molar-refractivity contribution >= 4 is 27.7 Å². The number of rotatable bonds is 5. The number of hydrazine groups is 1. The van der Waals surface area contributed by atoms with Crippen LogP contribution < -0.4 is 4.41 Å². The Balaban J connectivity index is 2.05. The van der Waals surface area contributed by atoms with Crippen LogP contribution in [0.5, 0.6) is 0 Å². The number of nitrogens with zero attached hydrogens (tertiary/aromatic N) is 3. The summed E-state index contributed by atoms with van der Waals surface area (Å²) >= 11 is 0. The number of carboxylic acids is 1. The molecule has 0 aliphatic carbocycles. The van der Waals surface area contributed by atoms with Crippen LogP contribution in [0.1, 0.15) is 18.5 Å². The largest absolute Gasteiger partial charge is 0.479 e. The smallest absolute Gasteiger partial charge is 0.364 e. The van der Waals surface area contributed by atoms with Gasteiger partial charge in [-0.15, -0.1) is 0 Å². The summed E-state index contributed by atoms with van der Waals surface area (Å²) in [5.41, 5.74) is 0.915. The minimum Gasteiger partial charge on any atom is -0.479 e. The molecule has 2 amide bonds. The van der Waals surface area contributed by atoms with E-state index in [1.807, 2.05) is 0 Å². The predicted octanol–water partition coefficient (Wildman–Crippen LogP) is 1.12. The van der Waals surface area contributed by atoms with Crippen molar-refractivity contribution < 1.29 is 28.0 Å². The van der Waals surface area contributed by atoms with Gasteiger partial charge < -0.3 is 5.11 Å². The second-order valence-corrected chi connectivity index (χ2v) is 7.47. The summed E-state index contributed by atoms with van der Waals surface area (Å²) in [6.45, 7) is 1.68. The Labute approximate surface area is 144 Å². The SMILES string of the molecule is CC=CC(ON1C(=O)N2CC1c1ccccc1N2S(C)(=O)=O)C(=O)O. The van der Waals surface area contributed by atoms with Crippen LogP contribution in [0.3, 0.4) is 0 Å². The molecule has 1 saturated heterocycles. The molecule has 2 aliphatic heterocycles. The Morgan fingerprint density at radius 2 is 2.08 bits per heavy atom. The second-order valence-electron chi connectivity index (χ2n) is 5.66. The van der Waals surface area contributed by atoms with Gasteiger partial charge in [0.1, 0.15) is 6.04 Å². The maximum atomic E-state index is 12.7. The van der Waals surface area contributed by atoms with Gasteiger partial charge in [0.05, 0.1) is 18.5 Å². The topological polar surface area (TPSA) is 107 Å². The normalized spacial score (nSPS) is 21.0. The third-order valence-electron chi connectivity index (χ3n) is 3.91. The number of allylic oxidation sites excluding steroid dienone is 1. The highest BCUT2D eigenvalue weighted by atomic mass is 32.2. The van der Waals surface area contributed by atoms with Crippen molar-refractivity contribution in [2.75, 3.05) is 17.2 Å². The predicted molar refractivity (Wildman–Crippen MR) is 87.8 cm³/mol. The quantitative estimate of drug-likeness (QED) is 0.782. The van der Waals surface area contributed by atoms with Gasteiger partial charge in [0.15, 0.2) is 0 Å². The van der Waals surface area contributed by atoms with Crippen LogP contribution in [0.2, 0.25) is 0 Å². The van der Waals surface area contributed by atoms with E-state index in [9.17, 15) is 23.1 Å². The molecule has 0 radical (unpaired) electrons. The van der Waals surface area contributed by atoms with Crippen molar-refractivity contribution in [1.29, 1.82) is 0 Å². The highest BCUT2D eigenvalue weighted by Crippen LogP contribution is 2.43. The molecule has 0 aromatic heterocycles. The first-order chi connectivity index (χ1) is 11.8. The van der Waals surface area contributed by atoms with E-state index >= 15 is 0 Å². The summed E-state index contributed by atoms with van der Waals surface area (Å²) in [6.07, 6.45) is 2.45. The Hall–Kier alpha value is -2.59. The molecule has 9 nitrogen and oxygen atoms in total. The van der Waals surface area contributed by atoms with Gasteiger partial charge in [0, 0.05) is 5.56 Å². The molecule has 1 aromatic rings. The maximum Gasteiger partial charge on any atom is 0.364 e. The number of anilines is 1. The van der Waals surface area contributed by atoms with Crippen LogP contribution in [-0.4, -0.2) is 54.5 Å². The average Bonchev–Trinajstić information content (AvgIpc) is 2.80. The van der Waals surface area contributed by atoms with Gasteiger partial charge in [-0.3, -0.25) is 0 Å². The van der Waals surface area contributed by atoms with Gasteiger partial charge in [-0.2, -0.15) is 9.48 Å². The highest BCUT2D eigenvalue weighted by molar-refractivity contribution is 7.92. The van der Waals surface area contributed by atoms with Crippen LogP contribution in [0.15, 0.2) is 36.4 Å². The summed E-state index contributed by atoms with van der Waals surface area (Å²) in [4.78, 5) is 29.4. The van der Waals surface area contributed by atoms with Gasteiger partial charge in [0.25, 0.3) is 0 Å². The Morgan fingerprint density at radius 1 is 1.40 bits per heavy atom. The number of hydroxylamine groups is 2. The van der Waals surface area contributed by atoms with Crippen LogP contribution in [0.4, 0.5) is 10.5 Å². The summed E-state index contributed by atoms with van der Waals surface area (Å²) in [6, 6.07) is 5.33. The van der Waals surface area contributed by atoms with Crippen molar-refractivity contribution in [1.82, 2.24) is 10.1 Å². The first-order valence-electron chi connectivity index (χ1n) is 7.48. The zero-order valence-corrected chi connectivity index (χ0v) is 14.4. The number of carboxylic acid groups (broad SMARTS) is 1. The fourth-order valence-electron chi connectivity index (χ4n) is 2.95. The van der Waals surface area contributed by atoms with E-state index in [-0.39, 0.29) is 6.54 Å². The van der Waals surface area contributed by atoms with E-state index in [0.717, 1.165) is 20.7 Å². The standard InChI is InChI=1S/C15H17N3O6S/c1-3-6-13(14(19)20)24-17-12-9-16(15(17)21)18(25(2,22)23)11-8-5-4-7-10(11)12/h3-8,12-13H,9H2,1-2H3,(H,19,20). The molecule has 3 rings (SSSR count). The van der Waals surface area contributed by atoms with Crippen LogP contribution >= 0.6 is 0 Å². The van der Waals surface area contributed by atoms with Crippen LogP contribution in [-0.2, 0) is 19.7 Å². The summed E-state index contributed by atoms with van der Waals surface area (Å²) in [5.74, 6) is -1.25. The first-order valence-corrected chi connectivity index (χ1v) is 9.32. The van der Waals surface area contributed by atoms with Gasteiger partial charge >= 0.3 is 12.0 Å². The number of benzene rings is 1. The number of para-hydroxylation sites is 1. The number of amides is 2. The molecular weight excluding hydrogens is 350 g/mol. The zero-order chi connectivity index (χ0) is 18.4. The van der Waals surface area contributed by atoms with E-state index in [1.165, 1.54) is 12.2 Å². The van der Waals surface area contributed by atoms with Crippen LogP contribution in [0.25, 0.3) is 0 Å². The molecular formula is C15H17N3O6S. The van der Waals surface area contributed by atoms with Crippen molar-refractivity contribution in [3.05, 3.63) is 42.0 Å². The molecule has 0 saturated carbocycles. The number of urea groups is 1. The summed E-state index contributed by atoms with van der Waals surface area (Å²) < 4.78 is 25.3. The number of sulfonamides is 1. The number of hydrogen-bond donors (Lipinski definition) is 1. The van der Waals surface area contributed by atoms with Gasteiger partial charge in [0.2, 0.25) is 16.1 Å². The Kier molecular flexibility index (Phi) is 4.17. The minimum atomic E-state index is -3.76. The Bertz CT molecular complexity index is 853. The monoisotopic (exact) mass is 367 g/mol. The molecule has 2 unspecified atom stereocenters. The molecule has 2 atom stereocenters. The lowest BCUT2D eigenvalue weighted by atomic mass is 10.0. The number of hydrogen-bond acceptors (Lipinski definition) is 5. The fraction of sp³-hybridized carbons (Fsp3) is 0.333. The molecule has 1 aromatic carbocycles. The molecule has 1 N–H and O–H groups in total. The van der Waals surface area contributed by atoms with Crippen molar-refractivity contribution in [3.63, 3.8) is 0 Å². The number of fused-ring (bicyclic) bond motifs is 4. The van der Waals surface area contributed by atoms with E-state index in [0.29, 0.717) is 11.3 Å². The molecule has 25 heavy (non-hydrogen) atoms. The molecule has 0 spiro atoms. The van der Waals surface area contributed by atoms with Crippen LogP contribution in [0, 0.1) is 0 Å². The van der Waals surface area contributed by atoms with E-state index in [2.05, 4.69) is 0 Å². The lowest BCUT2D eigenvalue weighted by Gasteiger charge is -2.34. The third-order valence-corrected chi connectivity index (χ3v) is 4.93. The van der Waals surface area contributed by atoms with Gasteiger partial charge in [-0.25, -0.2) is 27.9 Å². The number of aliphatic carboxylic acids is 1. The average molecular weight is 367 g/mol. The summed E-state index contributed by atoms with van der Waals surface area (Å²) in [7, 11) is -3.76. The summed E-state index contributed by atoms with van der Waals surface area (Å²) in [5, 5.41) is 11.2. The molecule has 10 heteroatoms. The van der Waals surface area contributed by atoms with Gasteiger partial charge in [-0.05, 0) is 19.1 Å². The molecule has 2 heterocycles. The first kappa shape index (κ1) is 17.2. The molecule has 134 valence electrons. The fourth-order valence-corrected chi connectivity index (χ4v) is 3.97. The van der Waals surface area contributed by atoms with E-state index in [1.54, 1.807) is 31.2 Å². The zero-order valence-electron chi connectivity index (χ0n) is 13.6. The van der Waals surface area contributed by atoms with Crippen molar-refractivity contribution in [2.24, 2.45) is 0 Å². The van der Waals surface area contributed by atoms with Crippen molar-refractivity contribution in [3.8, 4) is 0 Å². The maximum absolute atomic E-state index is 12.7. The third kappa shape index (κ3) is 2.83. The lowest BCUT2D eigenvalue weighted by molar-refractivity contribution is -0.184. The number of carbonyl (C=O) groups excluding carboxylic acids is 1. The minimum absolute atomic E-state index is 0.0467. The molecule has 2 bridgehead atoms. The van der Waals surface area contributed by atoms with Crippen molar-refractivity contribution in [2.45, 2.75) is 19.1 Å². The lowest BCUT2D eigenvalue weighted by Crippen LogP contribution is -2.49. The van der Waals surface area contributed by atoms with Gasteiger partial charge in [-0.1, -0.05) is 24.3 Å². The molecule has 2 aliphatic rings.